The van der Waals surface area contributed by atoms with Crippen LogP contribution in [-0.4, -0.2) is 19.7 Å². The first-order chi connectivity index (χ1) is 9.97. The predicted molar refractivity (Wildman–Crippen MR) is 87.8 cm³/mol. The normalized spacial score (nSPS) is 17.1. The van der Waals surface area contributed by atoms with E-state index in [-0.39, 0.29) is 0 Å². The molecule has 2 rings (SSSR count). The second-order valence-electron chi connectivity index (χ2n) is 6.11. The van der Waals surface area contributed by atoms with Crippen molar-refractivity contribution in [1.82, 2.24) is 5.32 Å². The van der Waals surface area contributed by atoms with Crippen molar-refractivity contribution in [3.63, 3.8) is 0 Å². The van der Waals surface area contributed by atoms with E-state index in [2.05, 4.69) is 10.0 Å². The second-order valence-corrected chi connectivity index (χ2v) is 8.35. The Labute approximate surface area is 128 Å². The van der Waals surface area contributed by atoms with E-state index < -0.39 is 15.3 Å². The molecule has 0 radical (unpaired) electrons. The molecule has 0 spiro atoms. The van der Waals surface area contributed by atoms with Gasteiger partial charge >= 0.3 is 0 Å². The molecule has 1 aliphatic rings. The van der Waals surface area contributed by atoms with Crippen molar-refractivity contribution < 1.29 is 8.42 Å². The summed E-state index contributed by atoms with van der Waals surface area (Å²) in [6.45, 7) is 4.19. The Kier molecular flexibility index (Phi) is 5.65. The number of rotatable bonds is 6. The van der Waals surface area contributed by atoms with Crippen LogP contribution in [0, 0.1) is 0 Å². The molecule has 118 valence electrons. The predicted octanol–water partition coefficient (Wildman–Crippen LogP) is 3.26. The SMILES string of the molecule is CC(C)S(=O)(=O)Nc1ccc(CNC2CCCCC2)cc1. The van der Waals surface area contributed by atoms with E-state index in [0.717, 1.165) is 6.54 Å². The average Bonchev–Trinajstić information content (AvgIpc) is 2.47. The highest BCUT2D eigenvalue weighted by Gasteiger charge is 2.15. The van der Waals surface area contributed by atoms with E-state index in [1.165, 1.54) is 37.7 Å². The standard InChI is InChI=1S/C16H26N2O2S/c1-13(2)21(19,20)18-16-10-8-14(9-11-16)12-17-15-6-4-3-5-7-15/h8-11,13,15,17-18H,3-7,12H2,1-2H3. The van der Waals surface area contributed by atoms with Crippen LogP contribution >= 0.6 is 0 Å². The smallest absolute Gasteiger partial charge is 0.235 e. The fraction of sp³-hybridized carbons (Fsp3) is 0.625. The molecule has 1 fully saturated rings. The quantitative estimate of drug-likeness (QED) is 0.848. The van der Waals surface area contributed by atoms with Crippen LogP contribution in [0.4, 0.5) is 5.69 Å². The highest BCUT2D eigenvalue weighted by atomic mass is 32.2. The summed E-state index contributed by atoms with van der Waals surface area (Å²) in [4.78, 5) is 0. The molecule has 0 unspecified atom stereocenters. The molecule has 0 bridgehead atoms. The minimum absolute atomic E-state index is 0.426. The Balaban J connectivity index is 1.87. The zero-order valence-corrected chi connectivity index (χ0v) is 13.7. The molecule has 1 aromatic carbocycles. The van der Waals surface area contributed by atoms with Gasteiger partial charge in [-0.05, 0) is 44.4 Å². The fourth-order valence-electron chi connectivity index (χ4n) is 2.54. The lowest BCUT2D eigenvalue weighted by atomic mass is 9.95. The summed E-state index contributed by atoms with van der Waals surface area (Å²) in [6, 6.07) is 8.26. The molecule has 5 heteroatoms. The largest absolute Gasteiger partial charge is 0.310 e. The van der Waals surface area contributed by atoms with Crippen molar-refractivity contribution in [3.05, 3.63) is 29.8 Å². The molecule has 0 aromatic heterocycles. The van der Waals surface area contributed by atoms with Crippen LogP contribution < -0.4 is 10.0 Å². The number of hydrogen-bond donors (Lipinski definition) is 2. The van der Waals surface area contributed by atoms with Crippen molar-refractivity contribution in [1.29, 1.82) is 0 Å². The topological polar surface area (TPSA) is 58.2 Å². The number of nitrogens with one attached hydrogen (secondary N) is 2. The Bertz CT molecular complexity index is 532. The summed E-state index contributed by atoms with van der Waals surface area (Å²) in [5.41, 5.74) is 1.82. The molecule has 0 amide bonds. The molecular formula is C16H26N2O2S. The van der Waals surface area contributed by atoms with Crippen molar-refractivity contribution in [2.75, 3.05) is 4.72 Å². The highest BCUT2D eigenvalue weighted by molar-refractivity contribution is 7.93. The minimum atomic E-state index is -3.26. The Morgan fingerprint density at radius 1 is 1.10 bits per heavy atom. The minimum Gasteiger partial charge on any atom is -0.310 e. The third kappa shape index (κ3) is 5.00. The monoisotopic (exact) mass is 310 g/mol. The van der Waals surface area contributed by atoms with Gasteiger partial charge in [0, 0.05) is 18.3 Å². The summed E-state index contributed by atoms with van der Waals surface area (Å²) in [6.07, 6.45) is 6.56. The maximum atomic E-state index is 11.8. The molecule has 21 heavy (non-hydrogen) atoms. The van der Waals surface area contributed by atoms with Crippen LogP contribution in [0.1, 0.15) is 51.5 Å². The molecule has 0 atom stereocenters. The van der Waals surface area contributed by atoms with Crippen LogP contribution in [0.3, 0.4) is 0 Å². The number of anilines is 1. The second kappa shape index (κ2) is 7.27. The Morgan fingerprint density at radius 2 is 1.71 bits per heavy atom. The van der Waals surface area contributed by atoms with Gasteiger partial charge in [-0.1, -0.05) is 31.4 Å². The molecule has 1 saturated carbocycles. The van der Waals surface area contributed by atoms with Gasteiger partial charge in [0.2, 0.25) is 10.0 Å². The molecular weight excluding hydrogens is 284 g/mol. The van der Waals surface area contributed by atoms with E-state index in [4.69, 9.17) is 0 Å². The van der Waals surface area contributed by atoms with Gasteiger partial charge in [0.1, 0.15) is 0 Å². The van der Waals surface area contributed by atoms with E-state index >= 15 is 0 Å². The zero-order valence-electron chi connectivity index (χ0n) is 12.9. The Hall–Kier alpha value is -1.07. The summed E-state index contributed by atoms with van der Waals surface area (Å²) < 4.78 is 26.2. The summed E-state index contributed by atoms with van der Waals surface area (Å²) in [5, 5.41) is 3.16. The summed E-state index contributed by atoms with van der Waals surface area (Å²) >= 11 is 0. The van der Waals surface area contributed by atoms with E-state index in [0.29, 0.717) is 11.7 Å². The Morgan fingerprint density at radius 3 is 2.29 bits per heavy atom. The molecule has 4 nitrogen and oxygen atoms in total. The molecule has 0 saturated heterocycles. The first-order valence-electron chi connectivity index (χ1n) is 7.81. The van der Waals surface area contributed by atoms with Crippen LogP contribution in [0.5, 0.6) is 0 Å². The molecule has 0 aliphatic heterocycles. The van der Waals surface area contributed by atoms with Crippen LogP contribution in [-0.2, 0) is 16.6 Å². The van der Waals surface area contributed by atoms with Crippen molar-refractivity contribution in [2.45, 2.75) is 63.8 Å². The lowest BCUT2D eigenvalue weighted by Crippen LogP contribution is -2.30. The third-order valence-corrected chi connectivity index (χ3v) is 5.80. The van der Waals surface area contributed by atoms with Gasteiger partial charge in [0.05, 0.1) is 5.25 Å². The molecule has 1 aliphatic carbocycles. The average molecular weight is 310 g/mol. The van der Waals surface area contributed by atoms with E-state index in [1.54, 1.807) is 13.8 Å². The third-order valence-electron chi connectivity index (χ3n) is 4.03. The van der Waals surface area contributed by atoms with E-state index in [9.17, 15) is 8.42 Å². The van der Waals surface area contributed by atoms with Crippen LogP contribution in [0.15, 0.2) is 24.3 Å². The fourth-order valence-corrected chi connectivity index (χ4v) is 3.24. The highest BCUT2D eigenvalue weighted by Crippen LogP contribution is 2.18. The van der Waals surface area contributed by atoms with Gasteiger partial charge in [-0.15, -0.1) is 0 Å². The van der Waals surface area contributed by atoms with Crippen molar-refractivity contribution in [3.8, 4) is 0 Å². The molecule has 2 N–H and O–H groups in total. The van der Waals surface area contributed by atoms with Gasteiger partial charge < -0.3 is 5.32 Å². The van der Waals surface area contributed by atoms with Gasteiger partial charge in [-0.25, -0.2) is 8.42 Å². The zero-order chi connectivity index (χ0) is 15.3. The van der Waals surface area contributed by atoms with E-state index in [1.807, 2.05) is 24.3 Å². The first kappa shape index (κ1) is 16.3. The van der Waals surface area contributed by atoms with Gasteiger partial charge in [-0.3, -0.25) is 4.72 Å². The van der Waals surface area contributed by atoms with Crippen molar-refractivity contribution >= 4 is 15.7 Å². The summed E-state index contributed by atoms with van der Waals surface area (Å²) in [7, 11) is -3.26. The van der Waals surface area contributed by atoms with Crippen LogP contribution in [0.25, 0.3) is 0 Å². The van der Waals surface area contributed by atoms with Crippen LogP contribution in [0.2, 0.25) is 0 Å². The number of sulfonamides is 1. The first-order valence-corrected chi connectivity index (χ1v) is 9.36. The maximum absolute atomic E-state index is 11.8. The summed E-state index contributed by atoms with van der Waals surface area (Å²) in [5.74, 6) is 0. The van der Waals surface area contributed by atoms with Gasteiger partial charge in [-0.2, -0.15) is 0 Å². The molecule has 1 aromatic rings. The molecule has 0 heterocycles. The van der Waals surface area contributed by atoms with Gasteiger partial charge in [0.25, 0.3) is 0 Å². The van der Waals surface area contributed by atoms with Gasteiger partial charge in [0.15, 0.2) is 0 Å². The number of hydrogen-bond acceptors (Lipinski definition) is 3. The number of benzene rings is 1. The lowest BCUT2D eigenvalue weighted by Gasteiger charge is -2.22. The maximum Gasteiger partial charge on any atom is 0.235 e. The van der Waals surface area contributed by atoms with Crippen molar-refractivity contribution in [2.24, 2.45) is 0 Å². The lowest BCUT2D eigenvalue weighted by molar-refractivity contribution is 0.372.